The first-order chi connectivity index (χ1) is 15.7. The van der Waals surface area contributed by atoms with Crippen LogP contribution in [0.15, 0.2) is 15.3 Å². The Kier molecular flexibility index (Phi) is 10.4. The second kappa shape index (κ2) is 11.1. The van der Waals surface area contributed by atoms with Crippen LogP contribution in [0.2, 0.25) is 118 Å². The molecule has 210 valence electrons. The topological polar surface area (TPSA) is 46.8 Å². The van der Waals surface area contributed by atoms with Gasteiger partial charge in [0.05, 0.1) is 11.4 Å². The van der Waals surface area contributed by atoms with Crippen molar-refractivity contribution in [2.75, 3.05) is 0 Å². The van der Waals surface area contributed by atoms with Gasteiger partial charge in [-0.15, -0.1) is 0 Å². The molecule has 0 saturated heterocycles. The van der Waals surface area contributed by atoms with Crippen molar-refractivity contribution in [3.05, 3.63) is 0 Å². The second-order valence-electron chi connectivity index (χ2n) is 16.4. The van der Waals surface area contributed by atoms with Crippen LogP contribution in [0.25, 0.3) is 0 Å². The van der Waals surface area contributed by atoms with Crippen molar-refractivity contribution in [2.24, 2.45) is 15.3 Å². The minimum atomic E-state index is -1.69. The summed E-state index contributed by atoms with van der Waals surface area (Å²) in [7, 11) is -9.95. The van der Waals surface area contributed by atoms with Crippen molar-refractivity contribution in [2.45, 2.75) is 137 Å². The Hall–Kier alpha value is -0.289. The van der Waals surface area contributed by atoms with Gasteiger partial charge in [-0.25, -0.2) is 0 Å². The Bertz CT molecular complexity index is 764. The molecule has 0 amide bonds. The van der Waals surface area contributed by atoms with Gasteiger partial charge in [0.2, 0.25) is 0 Å². The zero-order valence-corrected chi connectivity index (χ0v) is 33.3. The van der Waals surface area contributed by atoms with Gasteiger partial charge in [-0.3, -0.25) is 0 Å². The summed E-state index contributed by atoms with van der Waals surface area (Å²) in [4.78, 5) is 0. The molecule has 0 spiro atoms. The van der Waals surface area contributed by atoms with Gasteiger partial charge in [0.25, 0.3) is 0 Å². The molecule has 0 aromatic heterocycles. The van der Waals surface area contributed by atoms with Gasteiger partial charge >= 0.3 is 0 Å². The molecule has 1 aliphatic rings. The molecular formula is C24H60N6Si6. The molecule has 6 nitrogen and oxygen atoms in total. The molecule has 0 atom stereocenters. The van der Waals surface area contributed by atoms with Crippen molar-refractivity contribution in [1.82, 2.24) is 13.0 Å². The number of hydrogen-bond acceptors (Lipinski definition) is 6. The summed E-state index contributed by atoms with van der Waals surface area (Å²) in [6.07, 6.45) is 3.09. The van der Waals surface area contributed by atoms with Gasteiger partial charge in [-0.05, 0) is 19.3 Å². The standard InChI is InChI=1S/C24H60N6Si6/c1-31(2,3)28(32(4,5)6)25-22-20-19-21-23(26-29(33(7,8)9)34(10,11)12)24(22)27-30(35(13,14)15)36(16,17)18/h19-21H2,1-18H3. The van der Waals surface area contributed by atoms with Crippen molar-refractivity contribution < 1.29 is 0 Å². The van der Waals surface area contributed by atoms with E-state index in [1.165, 1.54) is 11.4 Å². The summed E-state index contributed by atoms with van der Waals surface area (Å²) in [5, 5.41) is 16.7. The van der Waals surface area contributed by atoms with E-state index in [0.29, 0.717) is 0 Å². The van der Waals surface area contributed by atoms with Crippen LogP contribution in [0.4, 0.5) is 0 Å². The summed E-state index contributed by atoms with van der Waals surface area (Å²) in [5.41, 5.74) is 3.45. The highest BCUT2D eigenvalue weighted by atomic mass is 28.4. The van der Waals surface area contributed by atoms with E-state index in [-0.39, 0.29) is 0 Å². The lowest BCUT2D eigenvalue weighted by atomic mass is 9.94. The van der Waals surface area contributed by atoms with Gasteiger partial charge in [0, 0.05) is 0 Å². The SMILES string of the molecule is C[Si](C)(C)N(N=C1CCCC(=NN([Si](C)(C)C)[Si](C)(C)C)C1=NN([Si](C)(C)C)[Si](C)(C)C)[Si](C)(C)C. The first-order valence-electron chi connectivity index (χ1n) is 13.8. The largest absolute Gasteiger partial charge is 0.350 e. The first kappa shape index (κ1) is 33.7. The first-order valence-corrected chi connectivity index (χ1v) is 34.5. The number of hydrazone groups is 3. The Morgan fingerprint density at radius 3 is 0.833 bits per heavy atom. The Morgan fingerprint density at radius 1 is 0.389 bits per heavy atom. The molecule has 0 heterocycles. The fourth-order valence-corrected chi connectivity index (χ4v) is 32.0. The Balaban J connectivity index is 4.02. The van der Waals surface area contributed by atoms with Crippen LogP contribution in [-0.4, -0.2) is 79.6 Å². The average Bonchev–Trinajstić information content (AvgIpc) is 2.56. The fraction of sp³-hybridized carbons (Fsp3) is 0.875. The summed E-state index contributed by atoms with van der Waals surface area (Å²) >= 11 is 0. The predicted molar refractivity (Wildman–Crippen MR) is 182 cm³/mol. The molecule has 0 unspecified atom stereocenters. The van der Waals surface area contributed by atoms with Gasteiger partial charge in [0.15, 0.2) is 49.4 Å². The molecule has 1 fully saturated rings. The number of hydrogen-bond donors (Lipinski definition) is 0. The third kappa shape index (κ3) is 9.47. The van der Waals surface area contributed by atoms with Crippen molar-refractivity contribution in [1.29, 1.82) is 0 Å². The quantitative estimate of drug-likeness (QED) is 0.198. The molecule has 1 aliphatic carbocycles. The van der Waals surface area contributed by atoms with Crippen molar-refractivity contribution in [3.63, 3.8) is 0 Å². The monoisotopic (exact) mass is 600 g/mol. The average molecular weight is 601 g/mol. The number of rotatable bonds is 9. The zero-order chi connectivity index (χ0) is 28.7. The Labute approximate surface area is 231 Å². The van der Waals surface area contributed by atoms with Crippen LogP contribution in [0.5, 0.6) is 0 Å². The molecule has 36 heavy (non-hydrogen) atoms. The minimum absolute atomic E-state index is 0.994. The fourth-order valence-electron chi connectivity index (χ4n) is 5.40. The van der Waals surface area contributed by atoms with Gasteiger partial charge in [-0.2, -0.15) is 15.3 Å². The normalized spacial score (nSPS) is 19.1. The highest BCUT2D eigenvalue weighted by Crippen LogP contribution is 2.27. The highest BCUT2D eigenvalue weighted by Gasteiger charge is 2.39. The van der Waals surface area contributed by atoms with Crippen molar-refractivity contribution >= 4 is 66.5 Å². The van der Waals surface area contributed by atoms with E-state index in [9.17, 15) is 0 Å². The van der Waals surface area contributed by atoms with Crippen LogP contribution in [0.1, 0.15) is 19.3 Å². The van der Waals surface area contributed by atoms with Crippen LogP contribution < -0.4 is 0 Å². The lowest BCUT2D eigenvalue weighted by Gasteiger charge is -2.44. The van der Waals surface area contributed by atoms with Gasteiger partial charge < -0.3 is 13.0 Å². The summed E-state index contributed by atoms with van der Waals surface area (Å²) in [6.45, 7) is 43.7. The molecule has 0 aromatic rings. The van der Waals surface area contributed by atoms with Gasteiger partial charge in [0.1, 0.15) is 5.71 Å². The summed E-state index contributed by atoms with van der Waals surface area (Å²) < 4.78 is 7.69. The maximum absolute atomic E-state index is 5.60. The van der Waals surface area contributed by atoms with Gasteiger partial charge in [-0.1, -0.05) is 118 Å². The van der Waals surface area contributed by atoms with Crippen LogP contribution in [-0.2, 0) is 0 Å². The molecular weight excluding hydrogens is 541 g/mol. The molecule has 0 aliphatic heterocycles. The molecule has 0 bridgehead atoms. The third-order valence-corrected chi connectivity index (χ3v) is 26.1. The van der Waals surface area contributed by atoms with E-state index in [1.807, 2.05) is 0 Å². The lowest BCUT2D eigenvalue weighted by molar-refractivity contribution is 0.647. The van der Waals surface area contributed by atoms with E-state index >= 15 is 0 Å². The Morgan fingerprint density at radius 2 is 0.611 bits per heavy atom. The third-order valence-electron chi connectivity index (χ3n) is 5.83. The molecule has 1 rings (SSSR count). The van der Waals surface area contributed by atoms with E-state index < -0.39 is 49.4 Å². The minimum Gasteiger partial charge on any atom is -0.350 e. The van der Waals surface area contributed by atoms with Crippen LogP contribution in [0.3, 0.4) is 0 Å². The smallest absolute Gasteiger partial charge is 0.158 e. The molecule has 1 saturated carbocycles. The molecule has 0 N–H and O–H groups in total. The summed E-state index contributed by atoms with van der Waals surface area (Å²) in [5.74, 6) is 0. The van der Waals surface area contributed by atoms with Crippen LogP contribution in [0, 0.1) is 0 Å². The maximum Gasteiger partial charge on any atom is 0.158 e. The highest BCUT2D eigenvalue weighted by molar-refractivity contribution is 6.91. The van der Waals surface area contributed by atoms with E-state index in [1.54, 1.807) is 0 Å². The van der Waals surface area contributed by atoms with Crippen molar-refractivity contribution in [3.8, 4) is 0 Å². The van der Waals surface area contributed by atoms with Crippen LogP contribution >= 0.6 is 0 Å². The van der Waals surface area contributed by atoms with E-state index in [0.717, 1.165) is 25.0 Å². The van der Waals surface area contributed by atoms with E-state index in [2.05, 4.69) is 131 Å². The predicted octanol–water partition coefficient (Wildman–Crippen LogP) is 8.15. The number of nitrogens with zero attached hydrogens (tertiary/aromatic N) is 6. The molecule has 12 heteroatoms. The second-order valence-corrected chi connectivity index (χ2v) is 46.3. The molecule has 0 aromatic carbocycles. The summed E-state index contributed by atoms with van der Waals surface area (Å²) in [6, 6.07) is 0. The maximum atomic E-state index is 5.60. The lowest BCUT2D eigenvalue weighted by Crippen LogP contribution is -2.59. The van der Waals surface area contributed by atoms with E-state index in [4.69, 9.17) is 15.3 Å². The molecule has 0 radical (unpaired) electrons. The zero-order valence-electron chi connectivity index (χ0n) is 27.3.